The van der Waals surface area contributed by atoms with E-state index in [1.54, 1.807) is 0 Å². The Labute approximate surface area is 168 Å². The summed E-state index contributed by atoms with van der Waals surface area (Å²) in [7, 11) is 0. The second-order valence-corrected chi connectivity index (χ2v) is 9.00. The number of rotatable bonds is 6. The average molecular weight is 390 g/mol. The van der Waals surface area contributed by atoms with E-state index < -0.39 is 0 Å². The first-order valence-electron chi connectivity index (χ1n) is 10.7. The van der Waals surface area contributed by atoms with Crippen molar-refractivity contribution in [1.29, 1.82) is 0 Å². The van der Waals surface area contributed by atoms with Crippen LogP contribution in [-0.4, -0.2) is 54.5 Å². The number of amides is 1. The zero-order valence-corrected chi connectivity index (χ0v) is 17.0. The summed E-state index contributed by atoms with van der Waals surface area (Å²) < 4.78 is 0. The number of carbonyl (C=O) groups is 1. The Morgan fingerprint density at radius 2 is 1.85 bits per heavy atom. The summed E-state index contributed by atoms with van der Waals surface area (Å²) in [5, 5.41) is 4.08. The number of fused-ring (bicyclic) bond motifs is 1. The minimum atomic E-state index is 0.277. The van der Waals surface area contributed by atoms with Crippen LogP contribution >= 0.6 is 11.6 Å². The third-order valence-electron chi connectivity index (χ3n) is 6.75. The molecule has 5 heteroatoms. The lowest BCUT2D eigenvalue weighted by Crippen LogP contribution is -2.46. The van der Waals surface area contributed by atoms with Gasteiger partial charge in [0.2, 0.25) is 5.91 Å². The normalized spacial score (nSPS) is 29.5. The molecule has 1 aromatic carbocycles. The molecule has 1 aliphatic carbocycles. The standard InChI is InChI=1S/C22H32ClN3O/c23-18-6-3-5-17(15-18)16-26-13-11-25(12-14-26)10-4-8-20-19-7-1-2-9-21(19)24-22(20)27/h3,5-6,15,19-21H,1-2,4,7-14,16H2,(H,24,27)/t19-,20?,21+/m0/s1. The van der Waals surface area contributed by atoms with Crippen LogP contribution in [-0.2, 0) is 11.3 Å². The topological polar surface area (TPSA) is 35.6 Å². The second-order valence-electron chi connectivity index (χ2n) is 8.56. The molecule has 3 aliphatic rings. The largest absolute Gasteiger partial charge is 0.353 e. The number of halogens is 1. The molecule has 0 spiro atoms. The highest BCUT2D eigenvalue weighted by Gasteiger charge is 2.42. The van der Waals surface area contributed by atoms with Crippen LogP contribution < -0.4 is 5.32 Å². The van der Waals surface area contributed by atoms with E-state index in [-0.39, 0.29) is 5.92 Å². The van der Waals surface area contributed by atoms with Crippen molar-refractivity contribution in [3.63, 3.8) is 0 Å². The van der Waals surface area contributed by atoms with Gasteiger partial charge >= 0.3 is 0 Å². The molecule has 0 bridgehead atoms. The van der Waals surface area contributed by atoms with Crippen LogP contribution in [0.1, 0.15) is 44.1 Å². The molecule has 1 unspecified atom stereocenters. The predicted molar refractivity (Wildman–Crippen MR) is 110 cm³/mol. The van der Waals surface area contributed by atoms with Crippen molar-refractivity contribution in [2.75, 3.05) is 32.7 Å². The number of nitrogens with zero attached hydrogens (tertiary/aromatic N) is 2. The van der Waals surface area contributed by atoms with Gasteiger partial charge in [0.05, 0.1) is 0 Å². The smallest absolute Gasteiger partial charge is 0.223 e. The molecule has 148 valence electrons. The maximum absolute atomic E-state index is 12.3. The van der Waals surface area contributed by atoms with Crippen molar-refractivity contribution in [3.05, 3.63) is 34.9 Å². The van der Waals surface area contributed by atoms with Crippen molar-refractivity contribution in [2.45, 2.75) is 51.1 Å². The van der Waals surface area contributed by atoms with Crippen LogP contribution in [0, 0.1) is 11.8 Å². The summed E-state index contributed by atoms with van der Waals surface area (Å²) in [6, 6.07) is 8.67. The minimum Gasteiger partial charge on any atom is -0.353 e. The summed E-state index contributed by atoms with van der Waals surface area (Å²) in [5.74, 6) is 1.22. The maximum atomic E-state index is 12.3. The molecule has 1 amide bonds. The molecule has 0 aromatic heterocycles. The zero-order chi connectivity index (χ0) is 18.6. The molecule has 27 heavy (non-hydrogen) atoms. The van der Waals surface area contributed by atoms with Gasteiger partial charge in [-0.15, -0.1) is 0 Å². The lowest BCUT2D eigenvalue weighted by Gasteiger charge is -2.35. The van der Waals surface area contributed by atoms with Crippen molar-refractivity contribution < 1.29 is 4.79 Å². The quantitative estimate of drug-likeness (QED) is 0.808. The molecule has 0 radical (unpaired) electrons. The van der Waals surface area contributed by atoms with Gasteiger partial charge < -0.3 is 10.2 Å². The first-order valence-corrected chi connectivity index (χ1v) is 11.1. The van der Waals surface area contributed by atoms with E-state index in [2.05, 4.69) is 27.2 Å². The molecule has 2 heterocycles. The van der Waals surface area contributed by atoms with Crippen LogP contribution in [0.3, 0.4) is 0 Å². The maximum Gasteiger partial charge on any atom is 0.223 e. The van der Waals surface area contributed by atoms with E-state index in [9.17, 15) is 4.79 Å². The Morgan fingerprint density at radius 1 is 1.07 bits per heavy atom. The molecule has 1 aromatic rings. The van der Waals surface area contributed by atoms with Crippen molar-refractivity contribution in [3.8, 4) is 0 Å². The summed E-state index contributed by atoms with van der Waals surface area (Å²) in [6.07, 6.45) is 7.25. The van der Waals surface area contributed by atoms with Gasteiger partial charge in [0.1, 0.15) is 0 Å². The van der Waals surface area contributed by atoms with Crippen molar-refractivity contribution in [1.82, 2.24) is 15.1 Å². The zero-order valence-electron chi connectivity index (χ0n) is 16.2. The van der Waals surface area contributed by atoms with Crippen molar-refractivity contribution in [2.24, 2.45) is 11.8 Å². The molecule has 1 saturated carbocycles. The second kappa shape index (κ2) is 8.93. The van der Waals surface area contributed by atoms with Crippen LogP contribution in [0.5, 0.6) is 0 Å². The third-order valence-corrected chi connectivity index (χ3v) is 6.99. The number of piperazine rings is 1. The van der Waals surface area contributed by atoms with Crippen LogP contribution in [0.15, 0.2) is 24.3 Å². The predicted octanol–water partition coefficient (Wildman–Crippen LogP) is 3.54. The highest BCUT2D eigenvalue weighted by atomic mass is 35.5. The van der Waals surface area contributed by atoms with Gasteiger partial charge in [0.15, 0.2) is 0 Å². The van der Waals surface area contributed by atoms with E-state index in [0.29, 0.717) is 17.9 Å². The molecule has 3 fully saturated rings. The molecule has 2 saturated heterocycles. The fourth-order valence-corrected chi connectivity index (χ4v) is 5.46. The Kier molecular flexibility index (Phi) is 6.36. The highest BCUT2D eigenvalue weighted by molar-refractivity contribution is 6.30. The SMILES string of the molecule is O=C1N[C@@H]2CCCC[C@H]2C1CCCN1CCN(Cc2cccc(Cl)c2)CC1. The number of carbonyl (C=O) groups excluding carboxylic acids is 1. The van der Waals surface area contributed by atoms with Crippen LogP contribution in [0.2, 0.25) is 5.02 Å². The van der Waals surface area contributed by atoms with E-state index in [0.717, 1.165) is 57.1 Å². The Morgan fingerprint density at radius 3 is 2.67 bits per heavy atom. The Hall–Kier alpha value is -1.10. The van der Waals surface area contributed by atoms with Gasteiger partial charge in [0, 0.05) is 49.7 Å². The number of benzene rings is 1. The third kappa shape index (κ3) is 4.85. The summed E-state index contributed by atoms with van der Waals surface area (Å²) in [6.45, 7) is 6.60. The lowest BCUT2D eigenvalue weighted by molar-refractivity contribution is -0.123. The van der Waals surface area contributed by atoms with E-state index in [1.807, 2.05) is 12.1 Å². The van der Waals surface area contributed by atoms with E-state index in [1.165, 1.54) is 31.2 Å². The molecule has 3 atom stereocenters. The van der Waals surface area contributed by atoms with Crippen LogP contribution in [0.4, 0.5) is 0 Å². The fraction of sp³-hybridized carbons (Fsp3) is 0.682. The van der Waals surface area contributed by atoms with Gasteiger partial charge in [-0.05, 0) is 55.8 Å². The van der Waals surface area contributed by atoms with Gasteiger partial charge in [-0.3, -0.25) is 9.69 Å². The monoisotopic (exact) mass is 389 g/mol. The van der Waals surface area contributed by atoms with Gasteiger partial charge in [0.25, 0.3) is 0 Å². The molecule has 2 aliphatic heterocycles. The molecular weight excluding hydrogens is 358 g/mol. The summed E-state index contributed by atoms with van der Waals surface area (Å²) in [4.78, 5) is 17.4. The number of hydrogen-bond donors (Lipinski definition) is 1. The molecule has 4 nitrogen and oxygen atoms in total. The molecule has 4 rings (SSSR count). The Balaban J connectivity index is 1.17. The first kappa shape index (κ1) is 19.2. The number of nitrogens with one attached hydrogen (secondary N) is 1. The average Bonchev–Trinajstić information content (AvgIpc) is 2.99. The molecule has 1 N–H and O–H groups in total. The van der Waals surface area contributed by atoms with Gasteiger partial charge in [-0.25, -0.2) is 0 Å². The van der Waals surface area contributed by atoms with E-state index in [4.69, 9.17) is 11.6 Å². The highest BCUT2D eigenvalue weighted by Crippen LogP contribution is 2.37. The first-order chi connectivity index (χ1) is 13.2. The Bertz CT molecular complexity index is 644. The van der Waals surface area contributed by atoms with Gasteiger partial charge in [-0.1, -0.05) is 36.6 Å². The molecular formula is C22H32ClN3O. The summed E-state index contributed by atoms with van der Waals surface area (Å²) in [5.41, 5.74) is 1.30. The van der Waals surface area contributed by atoms with Crippen LogP contribution in [0.25, 0.3) is 0 Å². The van der Waals surface area contributed by atoms with Gasteiger partial charge in [-0.2, -0.15) is 0 Å². The minimum absolute atomic E-state index is 0.277. The van der Waals surface area contributed by atoms with E-state index >= 15 is 0 Å². The fourth-order valence-electron chi connectivity index (χ4n) is 5.25. The number of hydrogen-bond acceptors (Lipinski definition) is 3. The van der Waals surface area contributed by atoms with Crippen molar-refractivity contribution >= 4 is 17.5 Å². The lowest BCUT2D eigenvalue weighted by atomic mass is 9.78. The summed E-state index contributed by atoms with van der Waals surface area (Å²) >= 11 is 6.09.